The Morgan fingerprint density at radius 2 is 1.94 bits per heavy atom. The number of carbonyl (C=O) groups is 1. The fourth-order valence-corrected chi connectivity index (χ4v) is 1.71. The average Bonchev–Trinajstić information content (AvgIpc) is 2.32. The molecule has 0 fully saturated rings. The van der Waals surface area contributed by atoms with Crippen LogP contribution in [-0.4, -0.2) is 10.8 Å². The Balaban J connectivity index is 2.51. The molecule has 0 radical (unpaired) electrons. The number of rotatable bonds is 2. The maximum atomic E-state index is 12.3. The van der Waals surface area contributed by atoms with Crippen LogP contribution in [0.25, 0.3) is 0 Å². The third-order valence-corrected chi connectivity index (χ3v) is 2.74. The van der Waals surface area contributed by atoms with E-state index < -0.39 is 0 Å². The van der Waals surface area contributed by atoms with E-state index in [0.29, 0.717) is 16.8 Å². The van der Waals surface area contributed by atoms with Crippen LogP contribution in [0.1, 0.15) is 27.0 Å². The summed E-state index contributed by atoms with van der Waals surface area (Å²) in [4.78, 5) is 16.3. The molecule has 0 aliphatic heterocycles. The van der Waals surface area contributed by atoms with Crippen molar-refractivity contribution in [3.05, 3.63) is 58.9 Å². The molecule has 0 saturated heterocycles. The molecule has 1 aromatic heterocycles. The van der Waals surface area contributed by atoms with Crippen LogP contribution < -0.4 is 5.73 Å². The first-order valence-corrected chi connectivity index (χ1v) is 5.41. The molecule has 3 heteroatoms. The fourth-order valence-electron chi connectivity index (χ4n) is 1.71. The largest absolute Gasteiger partial charge is 0.398 e. The normalized spacial score (nSPS) is 10.2. The van der Waals surface area contributed by atoms with Gasteiger partial charge in [0.2, 0.25) is 0 Å². The third kappa shape index (κ3) is 2.18. The van der Waals surface area contributed by atoms with Crippen molar-refractivity contribution in [3.63, 3.8) is 0 Å². The van der Waals surface area contributed by atoms with E-state index in [1.165, 1.54) is 0 Å². The molecule has 2 N–H and O–H groups in total. The predicted molar refractivity (Wildman–Crippen MR) is 68.0 cm³/mol. The maximum Gasteiger partial charge on any atom is 0.196 e. The van der Waals surface area contributed by atoms with Crippen LogP contribution in [0.2, 0.25) is 0 Å². The lowest BCUT2D eigenvalue weighted by Gasteiger charge is -2.07. The van der Waals surface area contributed by atoms with Crippen molar-refractivity contribution < 1.29 is 4.79 Å². The molecule has 0 aliphatic rings. The van der Waals surface area contributed by atoms with Gasteiger partial charge >= 0.3 is 0 Å². The van der Waals surface area contributed by atoms with Crippen molar-refractivity contribution in [3.8, 4) is 0 Å². The fraction of sp³-hybridized carbons (Fsp3) is 0.143. The number of hydrogen-bond donors (Lipinski definition) is 1. The molecule has 0 atom stereocenters. The zero-order valence-corrected chi connectivity index (χ0v) is 9.90. The molecule has 17 heavy (non-hydrogen) atoms. The van der Waals surface area contributed by atoms with E-state index >= 15 is 0 Å². The molecule has 0 bridgehead atoms. The van der Waals surface area contributed by atoms with Gasteiger partial charge in [-0.2, -0.15) is 0 Å². The van der Waals surface area contributed by atoms with E-state index in [-0.39, 0.29) is 5.78 Å². The van der Waals surface area contributed by atoms with Gasteiger partial charge in [0.1, 0.15) is 0 Å². The van der Waals surface area contributed by atoms with Gasteiger partial charge in [0.25, 0.3) is 0 Å². The summed E-state index contributed by atoms with van der Waals surface area (Å²) in [6.45, 7) is 3.83. The Labute approximate surface area is 100 Å². The SMILES string of the molecule is Cc1ccc(N)c(C(=O)c2cnccc2C)c1. The minimum atomic E-state index is -0.0724. The second-order valence-corrected chi connectivity index (χ2v) is 4.11. The van der Waals surface area contributed by atoms with Gasteiger partial charge in [-0.25, -0.2) is 0 Å². The van der Waals surface area contributed by atoms with E-state index in [4.69, 9.17) is 5.73 Å². The summed E-state index contributed by atoms with van der Waals surface area (Å²) in [5, 5.41) is 0. The predicted octanol–water partition coefficient (Wildman–Crippen LogP) is 2.51. The number of pyridine rings is 1. The number of aryl methyl sites for hydroxylation is 2. The number of nitrogens with two attached hydrogens (primary N) is 1. The Morgan fingerprint density at radius 3 is 2.65 bits per heavy atom. The number of carbonyl (C=O) groups excluding carboxylic acids is 1. The highest BCUT2D eigenvalue weighted by atomic mass is 16.1. The highest BCUT2D eigenvalue weighted by Gasteiger charge is 2.14. The minimum Gasteiger partial charge on any atom is -0.398 e. The van der Waals surface area contributed by atoms with Crippen LogP contribution in [0.15, 0.2) is 36.7 Å². The van der Waals surface area contributed by atoms with Gasteiger partial charge in [-0.15, -0.1) is 0 Å². The summed E-state index contributed by atoms with van der Waals surface area (Å²) >= 11 is 0. The summed E-state index contributed by atoms with van der Waals surface area (Å²) in [6.07, 6.45) is 3.26. The Kier molecular flexibility index (Phi) is 2.91. The van der Waals surface area contributed by atoms with Gasteiger partial charge in [-0.05, 0) is 37.6 Å². The van der Waals surface area contributed by atoms with Crippen molar-refractivity contribution in [1.29, 1.82) is 0 Å². The van der Waals surface area contributed by atoms with Crippen LogP contribution >= 0.6 is 0 Å². The number of nitrogens with zero attached hydrogens (tertiary/aromatic N) is 1. The van der Waals surface area contributed by atoms with E-state index in [0.717, 1.165) is 11.1 Å². The quantitative estimate of drug-likeness (QED) is 0.632. The standard InChI is InChI=1S/C14H14N2O/c1-9-3-4-13(15)11(7-9)14(17)12-8-16-6-5-10(12)2/h3-8H,15H2,1-2H3. The van der Waals surface area contributed by atoms with Crippen LogP contribution in [-0.2, 0) is 0 Å². The van der Waals surface area contributed by atoms with Crippen LogP contribution in [0.3, 0.4) is 0 Å². The lowest BCUT2D eigenvalue weighted by molar-refractivity contribution is 0.103. The number of hydrogen-bond acceptors (Lipinski definition) is 3. The van der Waals surface area contributed by atoms with Gasteiger partial charge in [-0.1, -0.05) is 11.6 Å². The molecule has 0 amide bonds. The highest BCUT2D eigenvalue weighted by molar-refractivity contribution is 6.12. The van der Waals surface area contributed by atoms with Crippen molar-refractivity contribution in [2.24, 2.45) is 0 Å². The van der Waals surface area contributed by atoms with Crippen molar-refractivity contribution in [2.75, 3.05) is 5.73 Å². The second-order valence-electron chi connectivity index (χ2n) is 4.11. The first-order valence-electron chi connectivity index (χ1n) is 5.41. The smallest absolute Gasteiger partial charge is 0.196 e. The first kappa shape index (κ1) is 11.3. The maximum absolute atomic E-state index is 12.3. The van der Waals surface area contributed by atoms with Crippen molar-refractivity contribution >= 4 is 11.5 Å². The van der Waals surface area contributed by atoms with Crippen molar-refractivity contribution in [1.82, 2.24) is 4.98 Å². The summed E-state index contributed by atoms with van der Waals surface area (Å²) in [5.41, 5.74) is 9.41. The molecule has 1 heterocycles. The van der Waals surface area contributed by atoms with E-state index in [1.54, 1.807) is 18.5 Å². The highest BCUT2D eigenvalue weighted by Crippen LogP contribution is 2.19. The van der Waals surface area contributed by atoms with Gasteiger partial charge in [-0.3, -0.25) is 9.78 Å². The minimum absolute atomic E-state index is 0.0724. The Bertz CT molecular complexity index is 576. The molecular weight excluding hydrogens is 212 g/mol. The molecule has 0 spiro atoms. The summed E-state index contributed by atoms with van der Waals surface area (Å²) in [5.74, 6) is -0.0724. The molecule has 1 aromatic carbocycles. The monoisotopic (exact) mass is 226 g/mol. The van der Waals surface area contributed by atoms with E-state index in [1.807, 2.05) is 32.0 Å². The van der Waals surface area contributed by atoms with Gasteiger partial charge < -0.3 is 5.73 Å². The first-order chi connectivity index (χ1) is 8.09. The lowest BCUT2D eigenvalue weighted by Crippen LogP contribution is -2.07. The molecule has 0 aliphatic carbocycles. The van der Waals surface area contributed by atoms with Crippen LogP contribution in [0.4, 0.5) is 5.69 Å². The second kappa shape index (κ2) is 4.37. The number of aromatic nitrogens is 1. The lowest BCUT2D eigenvalue weighted by atomic mass is 9.98. The average molecular weight is 226 g/mol. The van der Waals surface area contributed by atoms with Crippen LogP contribution in [0.5, 0.6) is 0 Å². The molecule has 2 aromatic rings. The van der Waals surface area contributed by atoms with E-state index in [2.05, 4.69) is 4.98 Å². The molecule has 3 nitrogen and oxygen atoms in total. The summed E-state index contributed by atoms with van der Waals surface area (Å²) in [6, 6.07) is 7.28. The van der Waals surface area contributed by atoms with E-state index in [9.17, 15) is 4.79 Å². The molecule has 0 unspecified atom stereocenters. The molecule has 2 rings (SSSR count). The molecule has 86 valence electrons. The number of nitrogen functional groups attached to an aromatic ring is 1. The topological polar surface area (TPSA) is 56.0 Å². The van der Waals surface area contributed by atoms with Crippen molar-refractivity contribution in [2.45, 2.75) is 13.8 Å². The van der Waals surface area contributed by atoms with Gasteiger partial charge in [0, 0.05) is 29.2 Å². The zero-order valence-electron chi connectivity index (χ0n) is 9.90. The number of benzene rings is 1. The number of anilines is 1. The molecule has 0 saturated carbocycles. The van der Waals surface area contributed by atoms with Gasteiger partial charge in [0.15, 0.2) is 5.78 Å². The zero-order chi connectivity index (χ0) is 12.4. The summed E-state index contributed by atoms with van der Waals surface area (Å²) in [7, 11) is 0. The van der Waals surface area contributed by atoms with Gasteiger partial charge in [0.05, 0.1) is 0 Å². The Morgan fingerprint density at radius 1 is 1.18 bits per heavy atom. The number of ketones is 1. The molecular formula is C14H14N2O. The van der Waals surface area contributed by atoms with Crippen LogP contribution in [0, 0.1) is 13.8 Å². The summed E-state index contributed by atoms with van der Waals surface area (Å²) < 4.78 is 0. The third-order valence-electron chi connectivity index (χ3n) is 2.74. The Hall–Kier alpha value is -2.16.